The molecule has 0 bridgehead atoms. The van der Waals surface area contributed by atoms with Gasteiger partial charge in [0, 0.05) is 17.8 Å². The van der Waals surface area contributed by atoms with E-state index in [0.717, 1.165) is 37.4 Å². The highest BCUT2D eigenvalue weighted by Gasteiger charge is 2.23. The molecule has 0 aromatic carbocycles. The molecule has 8 heteroatoms. The van der Waals surface area contributed by atoms with Crippen molar-refractivity contribution in [3.05, 3.63) is 22.1 Å². The van der Waals surface area contributed by atoms with Gasteiger partial charge in [-0.3, -0.25) is 14.9 Å². The molecular formula is C17H26N4O3S. The van der Waals surface area contributed by atoms with Crippen LogP contribution in [0.25, 0.3) is 0 Å². The molecule has 0 saturated heterocycles. The van der Waals surface area contributed by atoms with Crippen LogP contribution >= 0.6 is 11.8 Å². The number of aryl methyl sites for hydroxylation is 1. The summed E-state index contributed by atoms with van der Waals surface area (Å²) in [6.45, 7) is 4.13. The van der Waals surface area contributed by atoms with Crippen LogP contribution in [0.1, 0.15) is 51.6 Å². The Kier molecular flexibility index (Phi) is 7.49. The Labute approximate surface area is 151 Å². The Morgan fingerprint density at radius 1 is 1.36 bits per heavy atom. The second-order valence-electron chi connectivity index (χ2n) is 6.47. The summed E-state index contributed by atoms with van der Waals surface area (Å²) in [5.74, 6) is 0.0423. The summed E-state index contributed by atoms with van der Waals surface area (Å²) < 4.78 is 0. The first-order chi connectivity index (χ1) is 12.0. The maximum atomic E-state index is 11.9. The summed E-state index contributed by atoms with van der Waals surface area (Å²) in [6.07, 6.45) is 5.95. The number of H-pyrrole nitrogens is 1. The molecule has 0 radical (unpaired) electrons. The zero-order valence-electron chi connectivity index (χ0n) is 14.8. The third-order valence-corrected chi connectivity index (χ3v) is 5.17. The molecule has 2 rings (SSSR count). The van der Waals surface area contributed by atoms with Gasteiger partial charge in [-0.05, 0) is 25.2 Å². The van der Waals surface area contributed by atoms with Gasteiger partial charge in [0.05, 0.1) is 5.75 Å². The van der Waals surface area contributed by atoms with Crippen molar-refractivity contribution in [3.63, 3.8) is 0 Å². The number of aromatic nitrogens is 2. The number of thioether (sulfide) groups is 1. The Morgan fingerprint density at radius 2 is 2.12 bits per heavy atom. The number of aromatic amines is 1. The van der Waals surface area contributed by atoms with Crippen LogP contribution in [-0.4, -0.2) is 33.7 Å². The van der Waals surface area contributed by atoms with E-state index >= 15 is 0 Å². The Bertz CT molecular complexity index is 662. The summed E-state index contributed by atoms with van der Waals surface area (Å²) in [5, 5.41) is 5.62. The Balaban J connectivity index is 1.80. The molecule has 25 heavy (non-hydrogen) atoms. The van der Waals surface area contributed by atoms with Crippen molar-refractivity contribution in [2.24, 2.45) is 5.92 Å². The lowest BCUT2D eigenvalue weighted by Gasteiger charge is -2.29. The van der Waals surface area contributed by atoms with Crippen LogP contribution in [0.2, 0.25) is 0 Å². The van der Waals surface area contributed by atoms with Gasteiger partial charge in [-0.25, -0.2) is 9.78 Å². The van der Waals surface area contributed by atoms with E-state index in [4.69, 9.17) is 0 Å². The maximum absolute atomic E-state index is 11.9. The SMILES string of the molecule is CCCc1cc(=O)[nH]c(SCC(=O)NC(=O)N[C@H]2CCCC[C@@H]2C)n1. The normalized spacial score (nSPS) is 20.1. The van der Waals surface area contributed by atoms with Crippen LogP contribution in [0.15, 0.2) is 16.0 Å². The smallest absolute Gasteiger partial charge is 0.321 e. The fourth-order valence-corrected chi connectivity index (χ4v) is 3.66. The summed E-state index contributed by atoms with van der Waals surface area (Å²) in [4.78, 5) is 42.4. The first kappa shape index (κ1) is 19.5. The van der Waals surface area contributed by atoms with Gasteiger partial charge >= 0.3 is 6.03 Å². The molecule has 0 unspecified atom stereocenters. The van der Waals surface area contributed by atoms with Crippen LogP contribution < -0.4 is 16.2 Å². The van der Waals surface area contributed by atoms with Gasteiger partial charge in [-0.1, -0.05) is 44.9 Å². The third kappa shape index (κ3) is 6.53. The zero-order valence-corrected chi connectivity index (χ0v) is 15.6. The van der Waals surface area contributed by atoms with Gasteiger partial charge in [0.15, 0.2) is 5.16 Å². The first-order valence-electron chi connectivity index (χ1n) is 8.81. The fourth-order valence-electron chi connectivity index (χ4n) is 2.97. The standard InChI is InChI=1S/C17H26N4O3S/c1-3-6-12-9-14(22)21-17(18-12)25-10-15(23)20-16(24)19-13-8-5-4-7-11(13)2/h9,11,13H,3-8,10H2,1-2H3,(H,18,21,22)(H2,19,20,23,24)/t11-,13-/m0/s1. The molecular weight excluding hydrogens is 340 g/mol. The average molecular weight is 366 g/mol. The van der Waals surface area contributed by atoms with Gasteiger partial charge in [0.2, 0.25) is 5.91 Å². The minimum absolute atomic E-state index is 0.0200. The monoisotopic (exact) mass is 366 g/mol. The molecule has 1 aromatic heterocycles. The molecule has 1 heterocycles. The number of imide groups is 1. The number of nitrogens with one attached hydrogen (secondary N) is 3. The van der Waals surface area contributed by atoms with Crippen LogP contribution in [0, 0.1) is 5.92 Å². The minimum atomic E-state index is -0.453. The molecule has 3 N–H and O–H groups in total. The van der Waals surface area contributed by atoms with Crippen molar-refractivity contribution in [2.75, 3.05) is 5.75 Å². The largest absolute Gasteiger partial charge is 0.335 e. The second-order valence-corrected chi connectivity index (χ2v) is 7.43. The summed E-state index contributed by atoms with van der Waals surface area (Å²) >= 11 is 1.11. The molecule has 0 spiro atoms. The second kappa shape index (κ2) is 9.60. The van der Waals surface area contributed by atoms with Gasteiger partial charge in [-0.15, -0.1) is 0 Å². The lowest BCUT2D eigenvalue weighted by molar-refractivity contribution is -0.117. The summed E-state index contributed by atoms with van der Waals surface area (Å²) in [5.41, 5.74) is 0.476. The van der Waals surface area contributed by atoms with Crippen molar-refractivity contribution in [1.29, 1.82) is 0 Å². The molecule has 1 saturated carbocycles. The molecule has 2 atom stereocenters. The van der Waals surface area contributed by atoms with Crippen molar-refractivity contribution in [1.82, 2.24) is 20.6 Å². The molecule has 1 aliphatic carbocycles. The van der Waals surface area contributed by atoms with Gasteiger partial charge in [0.1, 0.15) is 0 Å². The maximum Gasteiger partial charge on any atom is 0.321 e. The highest BCUT2D eigenvalue weighted by Crippen LogP contribution is 2.23. The summed E-state index contributed by atoms with van der Waals surface area (Å²) in [6, 6.07) is 1.13. The van der Waals surface area contributed by atoms with Crippen molar-refractivity contribution >= 4 is 23.7 Å². The van der Waals surface area contributed by atoms with Crippen LogP contribution in [0.3, 0.4) is 0 Å². The quantitative estimate of drug-likeness (QED) is 0.529. The molecule has 1 aliphatic rings. The predicted molar refractivity (Wildman–Crippen MR) is 97.7 cm³/mol. The molecule has 138 valence electrons. The van der Waals surface area contributed by atoms with E-state index < -0.39 is 11.9 Å². The third-order valence-electron chi connectivity index (χ3n) is 4.30. The number of hydrogen-bond donors (Lipinski definition) is 3. The van der Waals surface area contributed by atoms with E-state index in [-0.39, 0.29) is 17.4 Å². The molecule has 0 aliphatic heterocycles. The topological polar surface area (TPSA) is 104 Å². The zero-order chi connectivity index (χ0) is 18.2. The van der Waals surface area contributed by atoms with E-state index in [1.807, 2.05) is 6.92 Å². The minimum Gasteiger partial charge on any atom is -0.335 e. The lowest BCUT2D eigenvalue weighted by Crippen LogP contribution is -2.48. The number of carbonyl (C=O) groups excluding carboxylic acids is 2. The first-order valence-corrected chi connectivity index (χ1v) is 9.80. The van der Waals surface area contributed by atoms with Crippen LogP contribution in [0.5, 0.6) is 0 Å². The van der Waals surface area contributed by atoms with E-state index in [9.17, 15) is 14.4 Å². The van der Waals surface area contributed by atoms with Crippen LogP contribution in [-0.2, 0) is 11.2 Å². The van der Waals surface area contributed by atoms with Gasteiger partial charge < -0.3 is 10.3 Å². The van der Waals surface area contributed by atoms with Crippen molar-refractivity contribution in [2.45, 2.75) is 63.6 Å². The van der Waals surface area contributed by atoms with Crippen LogP contribution in [0.4, 0.5) is 4.79 Å². The predicted octanol–water partition coefficient (Wildman–Crippen LogP) is 2.22. The molecule has 1 fully saturated rings. The van der Waals surface area contributed by atoms with Gasteiger partial charge in [-0.2, -0.15) is 0 Å². The number of amides is 3. The van der Waals surface area contributed by atoms with Gasteiger partial charge in [0.25, 0.3) is 5.56 Å². The van der Waals surface area contributed by atoms with Crippen molar-refractivity contribution in [3.8, 4) is 0 Å². The number of urea groups is 1. The average Bonchev–Trinajstić information content (AvgIpc) is 2.55. The highest BCUT2D eigenvalue weighted by atomic mass is 32.2. The molecule has 3 amide bonds. The summed E-state index contributed by atoms with van der Waals surface area (Å²) in [7, 11) is 0. The number of carbonyl (C=O) groups is 2. The fraction of sp³-hybridized carbons (Fsp3) is 0.647. The number of rotatable bonds is 6. The Hall–Kier alpha value is -1.83. The Morgan fingerprint density at radius 3 is 2.84 bits per heavy atom. The lowest BCUT2D eigenvalue weighted by atomic mass is 9.86. The number of hydrogen-bond acceptors (Lipinski definition) is 5. The molecule has 7 nitrogen and oxygen atoms in total. The highest BCUT2D eigenvalue weighted by molar-refractivity contribution is 7.99. The molecule has 1 aromatic rings. The van der Waals surface area contributed by atoms with E-state index in [1.54, 1.807) is 0 Å². The number of nitrogens with zero attached hydrogens (tertiary/aromatic N) is 1. The van der Waals surface area contributed by atoms with Crippen molar-refractivity contribution < 1.29 is 9.59 Å². The van der Waals surface area contributed by atoms with E-state index in [2.05, 4.69) is 27.5 Å². The van der Waals surface area contributed by atoms with E-state index in [0.29, 0.717) is 23.2 Å². The van der Waals surface area contributed by atoms with E-state index in [1.165, 1.54) is 12.5 Å².